The lowest BCUT2D eigenvalue weighted by molar-refractivity contribution is -0.406. The molecule has 0 radical (unpaired) electrons. The van der Waals surface area contributed by atoms with E-state index >= 15 is 0 Å². The van der Waals surface area contributed by atoms with Gasteiger partial charge in [0.1, 0.15) is 0 Å². The lowest BCUT2D eigenvalue weighted by Gasteiger charge is -2.33. The van der Waals surface area contributed by atoms with E-state index in [9.17, 15) is 19.5 Å². The minimum Gasteiger partial charge on any atom is -0.548 e. The highest BCUT2D eigenvalue weighted by Crippen LogP contribution is 2.19. The highest BCUT2D eigenvalue weighted by molar-refractivity contribution is 7.98. The molecule has 1 heterocycles. The molecule has 1 rings (SSSR count). The van der Waals surface area contributed by atoms with Crippen molar-refractivity contribution in [3.63, 3.8) is 0 Å². The zero-order valence-corrected chi connectivity index (χ0v) is 16.3. The SMILES string of the molecule is CSCC[C@H]([NH3+])C(=O)N1CCC(C(=O)N[C@H](CC(C)C)C(=O)[O-])CC1. The number of hydrogen-bond donors (Lipinski definition) is 2. The number of thioether (sulfide) groups is 1. The molecule has 0 spiro atoms. The number of aliphatic carboxylic acids is 1. The maximum atomic E-state index is 12.3. The number of carboxylic acid groups (broad SMARTS) is 1. The van der Waals surface area contributed by atoms with Crippen molar-refractivity contribution in [2.24, 2.45) is 11.8 Å². The Hall–Kier alpha value is -1.28. The second-order valence-electron chi connectivity index (χ2n) is 7.09. The number of hydrogen-bond acceptors (Lipinski definition) is 5. The Bertz CT molecular complexity index is 465. The summed E-state index contributed by atoms with van der Waals surface area (Å²) in [7, 11) is 0. The molecule has 7 nitrogen and oxygen atoms in total. The average molecular weight is 374 g/mol. The van der Waals surface area contributed by atoms with Crippen LogP contribution in [0.5, 0.6) is 0 Å². The fourth-order valence-electron chi connectivity index (χ4n) is 2.98. The number of likely N-dealkylation sites (tertiary alicyclic amines) is 1. The molecule has 1 aliphatic heterocycles. The van der Waals surface area contributed by atoms with Crippen LogP contribution in [-0.2, 0) is 14.4 Å². The monoisotopic (exact) mass is 373 g/mol. The maximum Gasteiger partial charge on any atom is 0.280 e. The standard InChI is InChI=1S/C17H31N3O4S/c1-11(2)10-14(17(23)24)19-15(21)12-4-7-20(8-5-12)16(22)13(18)6-9-25-3/h11-14H,4-10,18H2,1-3H3,(H,19,21)(H,23,24)/t13-,14+/m0/s1. The number of rotatable bonds is 9. The van der Waals surface area contributed by atoms with E-state index in [4.69, 9.17) is 0 Å². The predicted molar refractivity (Wildman–Crippen MR) is 95.4 cm³/mol. The van der Waals surface area contributed by atoms with Crippen LogP contribution in [-0.4, -0.2) is 59.9 Å². The Morgan fingerprint density at radius 2 is 1.88 bits per heavy atom. The molecule has 0 aromatic heterocycles. The van der Waals surface area contributed by atoms with Crippen molar-refractivity contribution in [1.29, 1.82) is 0 Å². The first-order valence-electron chi connectivity index (χ1n) is 8.88. The number of nitrogens with zero attached hydrogens (tertiary/aromatic N) is 1. The second-order valence-corrected chi connectivity index (χ2v) is 8.07. The number of nitrogens with one attached hydrogen (secondary N) is 1. The van der Waals surface area contributed by atoms with Crippen LogP contribution in [0.1, 0.15) is 39.5 Å². The van der Waals surface area contributed by atoms with Crippen LogP contribution >= 0.6 is 11.8 Å². The van der Waals surface area contributed by atoms with Gasteiger partial charge in [-0.2, -0.15) is 11.8 Å². The fraction of sp³-hybridized carbons (Fsp3) is 0.824. The van der Waals surface area contributed by atoms with Crippen LogP contribution in [0.3, 0.4) is 0 Å². The molecular formula is C17H31N3O4S. The zero-order valence-electron chi connectivity index (χ0n) is 15.5. The van der Waals surface area contributed by atoms with Crippen LogP contribution in [0.25, 0.3) is 0 Å². The highest BCUT2D eigenvalue weighted by Gasteiger charge is 2.31. The smallest absolute Gasteiger partial charge is 0.280 e. The van der Waals surface area contributed by atoms with Crippen molar-refractivity contribution in [1.82, 2.24) is 10.2 Å². The van der Waals surface area contributed by atoms with Gasteiger partial charge in [0.25, 0.3) is 5.91 Å². The Balaban J connectivity index is 2.48. The number of quaternary nitrogens is 1. The predicted octanol–water partition coefficient (Wildman–Crippen LogP) is -1.13. The van der Waals surface area contributed by atoms with Gasteiger partial charge in [-0.25, -0.2) is 0 Å². The summed E-state index contributed by atoms with van der Waals surface area (Å²) in [5.41, 5.74) is 3.94. The molecule has 0 aromatic carbocycles. The first-order chi connectivity index (χ1) is 11.8. The summed E-state index contributed by atoms with van der Waals surface area (Å²) in [6.45, 7) is 4.83. The number of carboxylic acids is 1. The number of amides is 2. The van der Waals surface area contributed by atoms with Gasteiger partial charge in [-0.3, -0.25) is 9.59 Å². The molecule has 1 aliphatic rings. The zero-order chi connectivity index (χ0) is 19.0. The highest BCUT2D eigenvalue weighted by atomic mass is 32.2. The molecule has 0 bridgehead atoms. The molecule has 0 saturated carbocycles. The molecule has 1 fully saturated rings. The lowest BCUT2D eigenvalue weighted by Crippen LogP contribution is -2.68. The first kappa shape index (κ1) is 21.8. The topological polar surface area (TPSA) is 117 Å². The molecule has 0 aliphatic carbocycles. The third-order valence-electron chi connectivity index (χ3n) is 4.51. The third kappa shape index (κ3) is 7.23. The summed E-state index contributed by atoms with van der Waals surface area (Å²) in [6, 6.07) is -1.20. The second kappa shape index (κ2) is 10.7. The van der Waals surface area contributed by atoms with E-state index in [1.165, 1.54) is 0 Å². The molecule has 8 heteroatoms. The molecule has 0 aromatic rings. The van der Waals surface area contributed by atoms with Gasteiger partial charge in [0, 0.05) is 25.4 Å². The summed E-state index contributed by atoms with van der Waals surface area (Å²) in [5, 5.41) is 13.8. The van der Waals surface area contributed by atoms with E-state index in [0.717, 1.165) is 12.2 Å². The Labute approximate surface area is 154 Å². The summed E-state index contributed by atoms with van der Waals surface area (Å²) >= 11 is 1.69. The van der Waals surface area contributed by atoms with Crippen molar-refractivity contribution >= 4 is 29.5 Å². The molecule has 0 unspecified atom stereocenters. The minimum absolute atomic E-state index is 0.0420. The van der Waals surface area contributed by atoms with E-state index in [-0.39, 0.29) is 29.7 Å². The van der Waals surface area contributed by atoms with Crippen LogP contribution in [0.15, 0.2) is 0 Å². The van der Waals surface area contributed by atoms with Crippen molar-refractivity contribution in [2.75, 3.05) is 25.1 Å². The largest absolute Gasteiger partial charge is 0.548 e. The molecule has 2 amide bonds. The van der Waals surface area contributed by atoms with E-state index in [1.54, 1.807) is 16.7 Å². The van der Waals surface area contributed by atoms with Gasteiger partial charge in [0.15, 0.2) is 6.04 Å². The number of piperidine rings is 1. The van der Waals surface area contributed by atoms with Crippen molar-refractivity contribution < 1.29 is 25.2 Å². The molecule has 25 heavy (non-hydrogen) atoms. The number of carbonyl (C=O) groups is 3. The van der Waals surface area contributed by atoms with Gasteiger partial charge >= 0.3 is 0 Å². The molecule has 2 atom stereocenters. The average Bonchev–Trinajstić information content (AvgIpc) is 2.57. The van der Waals surface area contributed by atoms with Crippen LogP contribution in [0.2, 0.25) is 0 Å². The van der Waals surface area contributed by atoms with Gasteiger partial charge in [-0.05, 0) is 37.2 Å². The van der Waals surface area contributed by atoms with E-state index in [0.29, 0.717) is 32.4 Å². The van der Waals surface area contributed by atoms with Crippen LogP contribution in [0, 0.1) is 11.8 Å². The van der Waals surface area contributed by atoms with E-state index in [1.807, 2.05) is 20.1 Å². The quantitative estimate of drug-likeness (QED) is 0.530. The van der Waals surface area contributed by atoms with Crippen LogP contribution < -0.4 is 16.2 Å². The minimum atomic E-state index is -1.25. The summed E-state index contributed by atoms with van der Waals surface area (Å²) in [6.07, 6.45) is 4.20. The Kier molecular flexibility index (Phi) is 9.27. The Morgan fingerprint density at radius 3 is 2.36 bits per heavy atom. The van der Waals surface area contributed by atoms with Crippen molar-refractivity contribution in [3.8, 4) is 0 Å². The van der Waals surface area contributed by atoms with Gasteiger partial charge < -0.3 is 25.9 Å². The van der Waals surface area contributed by atoms with Gasteiger partial charge in [0.05, 0.1) is 12.0 Å². The van der Waals surface area contributed by atoms with Gasteiger partial charge in [-0.15, -0.1) is 0 Å². The maximum absolute atomic E-state index is 12.3. The summed E-state index contributed by atoms with van der Waals surface area (Å²) in [4.78, 5) is 37.6. The van der Waals surface area contributed by atoms with Crippen molar-refractivity contribution in [3.05, 3.63) is 0 Å². The van der Waals surface area contributed by atoms with Gasteiger partial charge in [-0.1, -0.05) is 13.8 Å². The molecular weight excluding hydrogens is 342 g/mol. The van der Waals surface area contributed by atoms with E-state index in [2.05, 4.69) is 11.1 Å². The molecule has 144 valence electrons. The Morgan fingerprint density at radius 1 is 1.28 bits per heavy atom. The molecule has 1 saturated heterocycles. The first-order valence-corrected chi connectivity index (χ1v) is 10.3. The fourth-order valence-corrected chi connectivity index (χ4v) is 3.50. The lowest BCUT2D eigenvalue weighted by atomic mass is 9.94. The summed E-state index contributed by atoms with van der Waals surface area (Å²) in [5.74, 6) is -0.663. The third-order valence-corrected chi connectivity index (χ3v) is 5.15. The summed E-state index contributed by atoms with van der Waals surface area (Å²) < 4.78 is 0. The van der Waals surface area contributed by atoms with Crippen LogP contribution in [0.4, 0.5) is 0 Å². The normalized spacial score (nSPS) is 18.0. The van der Waals surface area contributed by atoms with Crippen molar-refractivity contribution in [2.45, 2.75) is 51.6 Å². The molecule has 4 N–H and O–H groups in total. The van der Waals surface area contributed by atoms with E-state index < -0.39 is 12.0 Å². The van der Waals surface area contributed by atoms with Gasteiger partial charge in [0.2, 0.25) is 5.91 Å². The number of carbonyl (C=O) groups excluding carboxylic acids is 3.